The zero-order chi connectivity index (χ0) is 18.1. The van der Waals surface area contributed by atoms with Crippen LogP contribution in [-0.2, 0) is 14.3 Å². The van der Waals surface area contributed by atoms with E-state index in [4.69, 9.17) is 14.6 Å². The van der Waals surface area contributed by atoms with Gasteiger partial charge in [-0.3, -0.25) is 10.2 Å². The molecule has 0 spiro atoms. The van der Waals surface area contributed by atoms with Gasteiger partial charge in [0.15, 0.2) is 6.29 Å². The maximum absolute atomic E-state index is 12.1. The van der Waals surface area contributed by atoms with E-state index in [0.717, 1.165) is 0 Å². The number of hydrazone groups is 1. The third-order valence-electron chi connectivity index (χ3n) is 3.93. The number of nitrogens with zero attached hydrogens (tertiary/aromatic N) is 1. The highest BCUT2D eigenvalue weighted by Gasteiger charge is 2.45. The Kier molecular flexibility index (Phi) is 5.75. The summed E-state index contributed by atoms with van der Waals surface area (Å²) in [6, 6.07) is 0. The third kappa shape index (κ3) is 3.67. The fourth-order valence-corrected chi connectivity index (χ4v) is 2.31. The van der Waals surface area contributed by atoms with Crippen molar-refractivity contribution < 1.29 is 39.8 Å². The predicted molar refractivity (Wildman–Crippen MR) is 78.2 cm³/mol. The van der Waals surface area contributed by atoms with Crippen LogP contribution < -0.4 is 10.7 Å². The van der Waals surface area contributed by atoms with Crippen molar-refractivity contribution >= 4 is 11.6 Å². The summed E-state index contributed by atoms with van der Waals surface area (Å²) >= 11 is 0. The molecule has 0 aromatic carbocycles. The van der Waals surface area contributed by atoms with Crippen LogP contribution in [0.5, 0.6) is 0 Å². The first kappa shape index (κ1) is 19.0. The number of ether oxygens (including phenoxy) is 2. The Morgan fingerprint density at radius 3 is 2.42 bits per heavy atom. The summed E-state index contributed by atoms with van der Waals surface area (Å²) in [6.07, 6.45) is -8.40. The van der Waals surface area contributed by atoms with Crippen molar-refractivity contribution in [3.05, 3.63) is 0 Å². The van der Waals surface area contributed by atoms with Crippen molar-refractivity contribution in [3.63, 3.8) is 0 Å². The largest absolute Gasteiger partial charge is 0.395 e. The van der Waals surface area contributed by atoms with E-state index in [1.165, 1.54) is 0 Å². The van der Waals surface area contributed by atoms with Crippen molar-refractivity contribution in [3.8, 4) is 0 Å². The Morgan fingerprint density at radius 2 is 1.88 bits per heavy atom. The first-order valence-electron chi connectivity index (χ1n) is 7.42. The minimum absolute atomic E-state index is 0.0682. The maximum atomic E-state index is 12.1. The second-order valence-corrected chi connectivity index (χ2v) is 6.32. The van der Waals surface area contributed by atoms with Gasteiger partial charge >= 0.3 is 0 Å². The van der Waals surface area contributed by atoms with E-state index >= 15 is 0 Å². The minimum atomic E-state index is -1.60. The Hall–Kier alpha value is -1.34. The normalized spacial score (nSPS) is 37.5. The zero-order valence-corrected chi connectivity index (χ0v) is 13.3. The third-order valence-corrected chi connectivity index (χ3v) is 3.93. The van der Waals surface area contributed by atoms with Crippen LogP contribution in [0.1, 0.15) is 13.8 Å². The van der Waals surface area contributed by atoms with Crippen LogP contribution in [0.4, 0.5) is 0 Å². The molecule has 1 saturated heterocycles. The van der Waals surface area contributed by atoms with Crippen molar-refractivity contribution in [2.45, 2.75) is 50.9 Å². The van der Waals surface area contributed by atoms with Gasteiger partial charge in [0.05, 0.1) is 13.2 Å². The number of hydrogen-bond donors (Lipinski definition) is 7. The highest BCUT2D eigenvalue weighted by atomic mass is 16.7. The van der Waals surface area contributed by atoms with E-state index in [0.29, 0.717) is 0 Å². The molecule has 6 atom stereocenters. The molecule has 1 fully saturated rings. The summed E-state index contributed by atoms with van der Waals surface area (Å²) in [5.41, 5.74) is 1.69. The Balaban J connectivity index is 2.03. The van der Waals surface area contributed by atoms with Gasteiger partial charge in [-0.05, 0) is 0 Å². The average molecular weight is 349 g/mol. The molecule has 0 saturated carbocycles. The number of carbonyl (C=O) groups excluding carboxylic acids is 1. The van der Waals surface area contributed by atoms with Crippen molar-refractivity contribution in [2.24, 2.45) is 10.5 Å². The molecule has 0 aromatic heterocycles. The summed E-state index contributed by atoms with van der Waals surface area (Å²) in [7, 11) is 0. The molecular formula is C13H23N3O8. The van der Waals surface area contributed by atoms with Crippen LogP contribution >= 0.6 is 0 Å². The number of amides is 1. The number of aliphatic hydroxyl groups is 5. The smallest absolute Gasteiger partial charge is 0.271 e. The van der Waals surface area contributed by atoms with Gasteiger partial charge in [0.25, 0.3) is 5.91 Å². The van der Waals surface area contributed by atoms with Gasteiger partial charge in [-0.25, -0.2) is 0 Å². The van der Waals surface area contributed by atoms with E-state index in [2.05, 4.69) is 15.8 Å². The molecular weight excluding hydrogens is 326 g/mol. The molecule has 2 heterocycles. The van der Waals surface area contributed by atoms with Gasteiger partial charge in [-0.15, -0.1) is 0 Å². The summed E-state index contributed by atoms with van der Waals surface area (Å²) in [5, 5.41) is 54.0. The molecule has 7 N–H and O–H groups in total. The Morgan fingerprint density at radius 1 is 1.21 bits per heavy atom. The van der Waals surface area contributed by atoms with Crippen molar-refractivity contribution in [1.82, 2.24) is 10.7 Å². The molecule has 0 bridgehead atoms. The number of carbonyl (C=O) groups is 1. The Bertz CT molecular complexity index is 498. The lowest BCUT2D eigenvalue weighted by molar-refractivity contribution is -0.315. The minimum Gasteiger partial charge on any atom is -0.395 e. The second-order valence-electron chi connectivity index (χ2n) is 6.32. The van der Waals surface area contributed by atoms with Crippen LogP contribution in [-0.4, -0.2) is 87.4 Å². The Labute approximate surface area is 137 Å². The summed E-state index contributed by atoms with van der Waals surface area (Å²) < 4.78 is 10.5. The molecule has 0 aliphatic carbocycles. The quantitative estimate of drug-likeness (QED) is 0.262. The van der Waals surface area contributed by atoms with Gasteiger partial charge in [-0.1, -0.05) is 13.8 Å². The monoisotopic (exact) mass is 349 g/mol. The molecule has 24 heavy (non-hydrogen) atoms. The fraction of sp³-hybridized carbons (Fsp3) is 0.846. The lowest BCUT2D eigenvalue weighted by Gasteiger charge is -2.41. The van der Waals surface area contributed by atoms with E-state index in [1.54, 1.807) is 13.8 Å². The summed E-state index contributed by atoms with van der Waals surface area (Å²) in [6.45, 7) is 2.37. The molecule has 11 nitrogen and oxygen atoms in total. The second kappa shape index (κ2) is 7.27. The molecule has 0 radical (unpaired) electrons. The molecule has 1 amide bonds. The van der Waals surface area contributed by atoms with Crippen LogP contribution in [0.3, 0.4) is 0 Å². The number of nitrogens with one attached hydrogen (secondary N) is 2. The van der Waals surface area contributed by atoms with Gasteiger partial charge in [-0.2, -0.15) is 5.10 Å². The molecule has 2 aliphatic heterocycles. The van der Waals surface area contributed by atoms with E-state index in [1.807, 2.05) is 0 Å². The molecule has 2 aliphatic rings. The standard InChI is InChI=1S/C13H23N3O8/c1-13(2,4-18)9-10(22)14-12(16-15-9)24-11-8(21)7(20)6(19)5(3-17)23-11/h5-8,11-12,16-21H,3-4H2,1-2H3,(H,14,22)/t5-,6-,7+,8-,11+,12?/m1/s1. The maximum Gasteiger partial charge on any atom is 0.271 e. The van der Waals surface area contributed by atoms with Gasteiger partial charge in [0.1, 0.15) is 30.1 Å². The molecule has 138 valence electrons. The van der Waals surface area contributed by atoms with Crippen molar-refractivity contribution in [1.29, 1.82) is 0 Å². The zero-order valence-electron chi connectivity index (χ0n) is 13.3. The predicted octanol–water partition coefficient (Wildman–Crippen LogP) is -3.82. The highest BCUT2D eigenvalue weighted by molar-refractivity contribution is 6.41. The van der Waals surface area contributed by atoms with Crippen LogP contribution in [0, 0.1) is 5.41 Å². The molecule has 0 aromatic rings. The van der Waals surface area contributed by atoms with Gasteiger partial charge < -0.3 is 40.3 Å². The van der Waals surface area contributed by atoms with Crippen LogP contribution in [0.25, 0.3) is 0 Å². The molecule has 1 unspecified atom stereocenters. The fourth-order valence-electron chi connectivity index (χ4n) is 2.31. The number of hydrogen-bond acceptors (Lipinski definition) is 10. The van der Waals surface area contributed by atoms with E-state index in [-0.39, 0.29) is 12.3 Å². The first-order valence-corrected chi connectivity index (χ1v) is 7.42. The summed E-state index contributed by atoms with van der Waals surface area (Å²) in [4.78, 5) is 12.1. The van der Waals surface area contributed by atoms with Crippen LogP contribution in [0.2, 0.25) is 0 Å². The highest BCUT2D eigenvalue weighted by Crippen LogP contribution is 2.23. The topological polar surface area (TPSA) is 173 Å². The van der Waals surface area contributed by atoms with E-state index in [9.17, 15) is 25.2 Å². The van der Waals surface area contributed by atoms with Gasteiger partial charge in [0.2, 0.25) is 6.35 Å². The van der Waals surface area contributed by atoms with Crippen LogP contribution in [0.15, 0.2) is 5.10 Å². The number of rotatable bonds is 5. The summed E-state index contributed by atoms with van der Waals surface area (Å²) in [5.74, 6) is -0.581. The number of aliphatic hydroxyl groups excluding tert-OH is 5. The van der Waals surface area contributed by atoms with E-state index < -0.39 is 55.0 Å². The van der Waals surface area contributed by atoms with Gasteiger partial charge in [0, 0.05) is 5.41 Å². The molecule has 11 heteroatoms. The average Bonchev–Trinajstić information content (AvgIpc) is 2.55. The SMILES string of the molecule is CC(C)(CO)C1=NNC(O[C@@H]2O[C@H](CO)[C@@H](O)[C@H](O)[C@H]2O)NC1=O. The first-order chi connectivity index (χ1) is 11.2. The lowest BCUT2D eigenvalue weighted by atomic mass is 9.87. The lowest BCUT2D eigenvalue weighted by Crippen LogP contribution is -2.63. The molecule has 2 rings (SSSR count). The van der Waals surface area contributed by atoms with Crippen molar-refractivity contribution in [2.75, 3.05) is 13.2 Å².